The highest BCUT2D eigenvalue weighted by molar-refractivity contribution is 6.28. The lowest BCUT2D eigenvalue weighted by Gasteiger charge is -2.10. The second-order valence-corrected chi connectivity index (χ2v) is 5.34. The van der Waals surface area contributed by atoms with Crippen LogP contribution < -0.4 is 0 Å². The van der Waals surface area contributed by atoms with E-state index in [2.05, 4.69) is 9.97 Å². The molecule has 0 radical (unpaired) electrons. The zero-order chi connectivity index (χ0) is 19.7. The predicted octanol–water partition coefficient (Wildman–Crippen LogP) is 5.94. The van der Waals surface area contributed by atoms with Gasteiger partial charge in [-0.25, -0.2) is 14.8 Å². The molecule has 0 amide bonds. The lowest BCUT2D eigenvalue weighted by molar-refractivity contribution is 0.0378. The molecule has 0 saturated carbocycles. The molecular formula is C16H14ClF5N2O3. The third-order valence-electron chi connectivity index (χ3n) is 3.06. The molecule has 2 aromatic heterocycles. The zero-order valence-corrected chi connectivity index (χ0v) is 14.7. The largest absolute Gasteiger partial charge is 0.464 e. The molecule has 3 aromatic rings. The average Bonchev–Trinajstić information content (AvgIpc) is 3.08. The second kappa shape index (κ2) is 11.8. The zero-order valence-electron chi connectivity index (χ0n) is 14.0. The van der Waals surface area contributed by atoms with Gasteiger partial charge in [-0.1, -0.05) is 18.2 Å². The molecule has 0 aliphatic carbocycles. The van der Waals surface area contributed by atoms with Gasteiger partial charge in [-0.15, -0.1) is 0 Å². The van der Waals surface area contributed by atoms with Crippen LogP contribution in [0.3, 0.4) is 0 Å². The van der Waals surface area contributed by atoms with Gasteiger partial charge in [0, 0.05) is 35.4 Å². The molecule has 0 fully saturated rings. The number of para-hydroxylation sites is 1. The van der Waals surface area contributed by atoms with Gasteiger partial charge in [0.15, 0.2) is 0 Å². The van der Waals surface area contributed by atoms with Crippen molar-refractivity contribution in [2.45, 2.75) is 20.0 Å². The van der Waals surface area contributed by atoms with E-state index < -0.39 is 5.97 Å². The summed E-state index contributed by atoms with van der Waals surface area (Å²) in [5.41, 5.74) is 2.03. The monoisotopic (exact) mass is 412 g/mol. The molecule has 0 bridgehead atoms. The van der Waals surface area contributed by atoms with Gasteiger partial charge in [0.2, 0.25) is 5.28 Å². The highest BCUT2D eigenvalue weighted by atomic mass is 35.5. The summed E-state index contributed by atoms with van der Waals surface area (Å²) in [7, 11) is 0. The SMILES string of the molecule is CC(C)OC(=O)c1cnc(Cl)nc1-c1coc2ccccc12.F.FF.FF. The van der Waals surface area contributed by atoms with E-state index in [1.54, 1.807) is 20.1 Å². The van der Waals surface area contributed by atoms with Gasteiger partial charge in [0.1, 0.15) is 17.4 Å². The number of fused-ring (bicyclic) bond motifs is 1. The fourth-order valence-electron chi connectivity index (χ4n) is 2.15. The summed E-state index contributed by atoms with van der Waals surface area (Å²) in [4.78, 5) is 20.3. The van der Waals surface area contributed by atoms with Crippen LogP contribution in [0, 0.1) is 0 Å². The molecule has 0 aliphatic rings. The first-order chi connectivity index (χ1) is 12.6. The maximum atomic E-state index is 12.2. The van der Waals surface area contributed by atoms with Crippen LogP contribution >= 0.6 is 11.6 Å². The minimum absolute atomic E-state index is 0. The molecule has 0 aliphatic heterocycles. The van der Waals surface area contributed by atoms with E-state index in [4.69, 9.17) is 39.1 Å². The number of carbonyl (C=O) groups excluding carboxylic acids is 1. The summed E-state index contributed by atoms with van der Waals surface area (Å²) in [6.07, 6.45) is 2.68. The molecule has 2 heterocycles. The van der Waals surface area contributed by atoms with E-state index in [1.165, 1.54) is 6.20 Å². The quantitative estimate of drug-likeness (QED) is 0.302. The molecule has 11 heteroatoms. The highest BCUT2D eigenvalue weighted by Gasteiger charge is 2.21. The molecular weight excluding hydrogens is 399 g/mol. The standard InChI is InChI=1S/C16H13ClN2O3.2F2.FH/c1-9(2)22-15(20)11-7-18-16(17)19-14(11)12-8-21-13-6-4-3-5-10(12)13;2*1-2;/h3-9H,1-2H3;;;1H. The minimum Gasteiger partial charge on any atom is -0.464 e. The first-order valence-corrected chi connectivity index (χ1v) is 7.42. The molecule has 0 atom stereocenters. The molecule has 148 valence electrons. The Balaban J connectivity index is 0.00000127. The Morgan fingerprint density at radius 2 is 1.81 bits per heavy atom. The van der Waals surface area contributed by atoms with Crippen molar-refractivity contribution in [3.8, 4) is 11.3 Å². The normalized spacial score (nSPS) is 9.48. The van der Waals surface area contributed by atoms with E-state index in [0.29, 0.717) is 16.8 Å². The summed E-state index contributed by atoms with van der Waals surface area (Å²) in [5, 5.41) is 0.900. The van der Waals surface area contributed by atoms with Crippen molar-refractivity contribution in [1.82, 2.24) is 9.97 Å². The topological polar surface area (TPSA) is 65.2 Å². The van der Waals surface area contributed by atoms with Crippen molar-refractivity contribution >= 4 is 28.5 Å². The van der Waals surface area contributed by atoms with Crippen molar-refractivity contribution < 1.29 is 36.9 Å². The maximum Gasteiger partial charge on any atom is 0.342 e. The first kappa shape index (κ1) is 24.2. The highest BCUT2D eigenvalue weighted by Crippen LogP contribution is 2.32. The Labute approximate surface area is 155 Å². The van der Waals surface area contributed by atoms with Crippen LogP contribution in [0.4, 0.5) is 23.0 Å². The lowest BCUT2D eigenvalue weighted by atomic mass is 10.1. The fraction of sp³-hybridized carbons (Fsp3) is 0.188. The molecule has 0 unspecified atom stereocenters. The van der Waals surface area contributed by atoms with Crippen LogP contribution in [0.1, 0.15) is 24.2 Å². The van der Waals surface area contributed by atoms with Gasteiger partial charge in [0.05, 0.1) is 11.8 Å². The number of hydrogen-bond acceptors (Lipinski definition) is 5. The Morgan fingerprint density at radius 3 is 2.44 bits per heavy atom. The summed E-state index contributed by atoms with van der Waals surface area (Å²) in [5.74, 6) is -0.494. The van der Waals surface area contributed by atoms with Crippen molar-refractivity contribution in [3.63, 3.8) is 0 Å². The van der Waals surface area contributed by atoms with E-state index in [0.717, 1.165) is 5.39 Å². The van der Waals surface area contributed by atoms with E-state index >= 15 is 0 Å². The Bertz CT molecular complexity index is 861. The Kier molecular flexibility index (Phi) is 10.6. The van der Waals surface area contributed by atoms with Gasteiger partial charge in [-0.3, -0.25) is 4.70 Å². The van der Waals surface area contributed by atoms with Crippen LogP contribution in [-0.4, -0.2) is 22.0 Å². The van der Waals surface area contributed by atoms with Crippen LogP contribution in [-0.2, 0) is 4.74 Å². The third-order valence-corrected chi connectivity index (χ3v) is 3.24. The summed E-state index contributed by atoms with van der Waals surface area (Å²) < 4.78 is 42.7. The number of furan rings is 1. The number of nitrogens with zero attached hydrogens (tertiary/aromatic N) is 2. The number of carbonyl (C=O) groups is 1. The van der Waals surface area contributed by atoms with Gasteiger partial charge in [0.25, 0.3) is 0 Å². The number of aromatic nitrogens is 2. The molecule has 1 aromatic carbocycles. The third kappa shape index (κ3) is 5.88. The number of esters is 1. The fourth-order valence-corrected chi connectivity index (χ4v) is 2.29. The first-order valence-electron chi connectivity index (χ1n) is 7.05. The number of halogens is 6. The van der Waals surface area contributed by atoms with Crippen LogP contribution in [0.5, 0.6) is 0 Å². The molecule has 0 saturated heterocycles. The van der Waals surface area contributed by atoms with Crippen LogP contribution in [0.2, 0.25) is 5.28 Å². The molecule has 0 spiro atoms. The Hall–Kier alpha value is -2.75. The average molecular weight is 413 g/mol. The number of hydrogen-bond donors (Lipinski definition) is 0. The number of rotatable bonds is 3. The van der Waals surface area contributed by atoms with Crippen molar-refractivity contribution in [2.24, 2.45) is 0 Å². The van der Waals surface area contributed by atoms with Crippen molar-refractivity contribution in [3.05, 3.63) is 47.6 Å². The minimum atomic E-state index is -0.494. The summed E-state index contributed by atoms with van der Waals surface area (Å²) >= 11 is 5.89. The lowest BCUT2D eigenvalue weighted by Crippen LogP contribution is -2.13. The van der Waals surface area contributed by atoms with E-state index in [1.807, 2.05) is 24.3 Å². The van der Waals surface area contributed by atoms with Gasteiger partial charge >= 0.3 is 5.97 Å². The van der Waals surface area contributed by atoms with Crippen molar-refractivity contribution in [2.75, 3.05) is 0 Å². The summed E-state index contributed by atoms with van der Waals surface area (Å²) in [6.45, 7) is 3.56. The predicted molar refractivity (Wildman–Crippen MR) is 89.7 cm³/mol. The number of ether oxygens (including phenoxy) is 1. The van der Waals surface area contributed by atoms with Gasteiger partial charge in [-0.2, -0.15) is 0 Å². The smallest absolute Gasteiger partial charge is 0.342 e. The Morgan fingerprint density at radius 1 is 1.19 bits per heavy atom. The molecule has 0 N–H and O–H groups in total. The second-order valence-electron chi connectivity index (χ2n) is 5.00. The van der Waals surface area contributed by atoms with Crippen LogP contribution in [0.15, 0.2) is 41.1 Å². The van der Waals surface area contributed by atoms with E-state index in [-0.39, 0.29) is 21.7 Å². The number of benzene rings is 1. The van der Waals surface area contributed by atoms with Gasteiger partial charge in [-0.05, 0) is 31.5 Å². The van der Waals surface area contributed by atoms with E-state index in [9.17, 15) is 4.79 Å². The molecule has 27 heavy (non-hydrogen) atoms. The molecule has 3 rings (SSSR count). The maximum absolute atomic E-state index is 12.2. The van der Waals surface area contributed by atoms with Crippen molar-refractivity contribution in [1.29, 1.82) is 0 Å². The van der Waals surface area contributed by atoms with Crippen LogP contribution in [0.25, 0.3) is 22.2 Å². The van der Waals surface area contributed by atoms with Gasteiger partial charge < -0.3 is 9.15 Å². The summed E-state index contributed by atoms with van der Waals surface area (Å²) in [6, 6.07) is 7.49. The molecule has 5 nitrogen and oxygen atoms in total.